The fraction of sp³-hybridized carbons (Fsp3) is 0.375. The summed E-state index contributed by atoms with van der Waals surface area (Å²) in [6.07, 6.45) is 9.28. The Labute approximate surface area is 129 Å². The normalized spacial score (nSPS) is 13.7. The Morgan fingerprint density at radius 3 is 2.50 bits per heavy atom. The summed E-state index contributed by atoms with van der Waals surface area (Å²) in [6.45, 7) is 1.07. The van der Waals surface area contributed by atoms with Crippen LogP contribution in [0.25, 0.3) is 0 Å². The molecule has 1 aliphatic rings. The van der Waals surface area contributed by atoms with Gasteiger partial charge in [-0.05, 0) is 25.0 Å². The van der Waals surface area contributed by atoms with E-state index < -0.39 is 0 Å². The summed E-state index contributed by atoms with van der Waals surface area (Å²) < 4.78 is 0. The smallest absolute Gasteiger partial charge is 0.253 e. The monoisotopic (exact) mass is 301 g/mol. The second kappa shape index (κ2) is 8.07. The zero-order chi connectivity index (χ0) is 15.8. The largest absolute Gasteiger partial charge is 0.352 e. The van der Waals surface area contributed by atoms with Crippen LogP contribution in [0, 0.1) is 0 Å². The first-order valence-corrected chi connectivity index (χ1v) is 7.40. The van der Waals surface area contributed by atoms with E-state index in [-0.39, 0.29) is 17.7 Å². The molecule has 1 aliphatic heterocycles. The number of nitrogens with zero attached hydrogens (tertiary/aromatic N) is 2. The number of rotatable bonds is 8. The van der Waals surface area contributed by atoms with Crippen molar-refractivity contribution in [3.05, 3.63) is 42.2 Å². The number of carbonyl (C=O) groups excluding carboxylic acids is 3. The quantitative estimate of drug-likeness (QED) is 0.580. The lowest BCUT2D eigenvalue weighted by molar-refractivity contribution is -0.136. The SMILES string of the molecule is O=C(NCCCCCCN1C(=O)C=CC1=O)c1cccnc1. The van der Waals surface area contributed by atoms with E-state index in [0.717, 1.165) is 25.7 Å². The van der Waals surface area contributed by atoms with Crippen LogP contribution in [0.1, 0.15) is 36.0 Å². The molecule has 0 saturated heterocycles. The Bertz CT molecular complexity index is 551. The Balaban J connectivity index is 1.52. The van der Waals surface area contributed by atoms with Crippen molar-refractivity contribution >= 4 is 17.7 Å². The topological polar surface area (TPSA) is 79.4 Å². The van der Waals surface area contributed by atoms with Gasteiger partial charge in [0.1, 0.15) is 0 Å². The average Bonchev–Trinajstić information content (AvgIpc) is 2.86. The summed E-state index contributed by atoms with van der Waals surface area (Å²) in [5, 5.41) is 2.84. The number of carbonyl (C=O) groups is 3. The van der Waals surface area contributed by atoms with Crippen LogP contribution in [0.4, 0.5) is 0 Å². The molecule has 0 atom stereocenters. The summed E-state index contributed by atoms with van der Waals surface area (Å²) in [7, 11) is 0. The molecule has 6 heteroatoms. The number of amides is 3. The zero-order valence-corrected chi connectivity index (χ0v) is 12.3. The number of nitrogens with one attached hydrogen (secondary N) is 1. The van der Waals surface area contributed by atoms with Crippen LogP contribution >= 0.6 is 0 Å². The Hall–Kier alpha value is -2.50. The van der Waals surface area contributed by atoms with Crippen LogP contribution in [0.15, 0.2) is 36.7 Å². The van der Waals surface area contributed by atoms with Crippen LogP contribution in [0.2, 0.25) is 0 Å². The molecule has 22 heavy (non-hydrogen) atoms. The second-order valence-electron chi connectivity index (χ2n) is 5.07. The molecule has 0 aliphatic carbocycles. The van der Waals surface area contributed by atoms with E-state index in [1.807, 2.05) is 0 Å². The van der Waals surface area contributed by atoms with Crippen molar-refractivity contribution in [2.24, 2.45) is 0 Å². The maximum absolute atomic E-state index is 11.7. The molecule has 3 amide bonds. The summed E-state index contributed by atoms with van der Waals surface area (Å²) in [5.74, 6) is -0.574. The number of aromatic nitrogens is 1. The highest BCUT2D eigenvalue weighted by Gasteiger charge is 2.21. The second-order valence-corrected chi connectivity index (χ2v) is 5.07. The number of hydrogen-bond acceptors (Lipinski definition) is 4. The zero-order valence-electron chi connectivity index (χ0n) is 12.3. The van der Waals surface area contributed by atoms with Gasteiger partial charge in [-0.25, -0.2) is 0 Å². The van der Waals surface area contributed by atoms with Crippen LogP contribution in [-0.4, -0.2) is 40.7 Å². The highest BCUT2D eigenvalue weighted by atomic mass is 16.2. The van der Waals surface area contributed by atoms with Gasteiger partial charge in [-0.3, -0.25) is 24.3 Å². The first kappa shape index (κ1) is 15.9. The van der Waals surface area contributed by atoms with Crippen molar-refractivity contribution in [2.45, 2.75) is 25.7 Å². The first-order valence-electron chi connectivity index (χ1n) is 7.40. The highest BCUT2D eigenvalue weighted by molar-refractivity contribution is 6.12. The molecule has 0 saturated carbocycles. The Morgan fingerprint density at radius 2 is 1.82 bits per heavy atom. The number of unbranched alkanes of at least 4 members (excludes halogenated alkanes) is 3. The molecule has 1 aromatic heterocycles. The summed E-state index contributed by atoms with van der Waals surface area (Å²) >= 11 is 0. The van der Waals surface area contributed by atoms with E-state index in [1.54, 1.807) is 18.3 Å². The molecule has 116 valence electrons. The van der Waals surface area contributed by atoms with Crippen molar-refractivity contribution in [2.75, 3.05) is 13.1 Å². The van der Waals surface area contributed by atoms with Gasteiger partial charge in [0.25, 0.3) is 17.7 Å². The van der Waals surface area contributed by atoms with Gasteiger partial charge in [-0.1, -0.05) is 12.8 Å². The van der Waals surface area contributed by atoms with E-state index >= 15 is 0 Å². The van der Waals surface area contributed by atoms with Gasteiger partial charge >= 0.3 is 0 Å². The predicted molar refractivity (Wildman–Crippen MR) is 80.9 cm³/mol. The number of hydrogen-bond donors (Lipinski definition) is 1. The Morgan fingerprint density at radius 1 is 1.09 bits per heavy atom. The predicted octanol–water partition coefficient (Wildman–Crippen LogP) is 1.30. The fourth-order valence-electron chi connectivity index (χ4n) is 2.20. The molecular formula is C16H19N3O3. The van der Waals surface area contributed by atoms with E-state index in [1.165, 1.54) is 23.2 Å². The third-order valence-corrected chi connectivity index (χ3v) is 3.42. The van der Waals surface area contributed by atoms with E-state index in [2.05, 4.69) is 10.3 Å². The molecule has 1 N–H and O–H groups in total. The molecular weight excluding hydrogens is 282 g/mol. The van der Waals surface area contributed by atoms with Crippen molar-refractivity contribution in [3.8, 4) is 0 Å². The summed E-state index contributed by atoms with van der Waals surface area (Å²) in [6, 6.07) is 3.45. The lowest BCUT2D eigenvalue weighted by Crippen LogP contribution is -2.30. The maximum atomic E-state index is 11.7. The minimum atomic E-state index is -0.228. The van der Waals surface area contributed by atoms with E-state index in [0.29, 0.717) is 18.7 Å². The molecule has 1 aromatic rings. The van der Waals surface area contributed by atoms with Crippen molar-refractivity contribution in [3.63, 3.8) is 0 Å². The highest BCUT2D eigenvalue weighted by Crippen LogP contribution is 2.07. The fourth-order valence-corrected chi connectivity index (χ4v) is 2.20. The van der Waals surface area contributed by atoms with Gasteiger partial charge in [-0.15, -0.1) is 0 Å². The lowest BCUT2D eigenvalue weighted by Gasteiger charge is -2.13. The van der Waals surface area contributed by atoms with Gasteiger partial charge < -0.3 is 5.32 Å². The molecule has 2 rings (SSSR count). The van der Waals surface area contributed by atoms with Crippen LogP contribution in [0.5, 0.6) is 0 Å². The van der Waals surface area contributed by atoms with Crippen LogP contribution in [0.3, 0.4) is 0 Å². The first-order chi connectivity index (χ1) is 10.7. The third-order valence-electron chi connectivity index (χ3n) is 3.42. The maximum Gasteiger partial charge on any atom is 0.253 e. The van der Waals surface area contributed by atoms with Crippen molar-refractivity contribution < 1.29 is 14.4 Å². The number of pyridine rings is 1. The minimum absolute atomic E-state index is 0.118. The van der Waals surface area contributed by atoms with Gasteiger partial charge in [-0.2, -0.15) is 0 Å². The molecule has 6 nitrogen and oxygen atoms in total. The van der Waals surface area contributed by atoms with Crippen molar-refractivity contribution in [1.29, 1.82) is 0 Å². The lowest BCUT2D eigenvalue weighted by atomic mass is 10.2. The molecule has 0 radical (unpaired) electrons. The van der Waals surface area contributed by atoms with Gasteiger partial charge in [0, 0.05) is 37.6 Å². The van der Waals surface area contributed by atoms with Gasteiger partial charge in [0.05, 0.1) is 5.56 Å². The standard InChI is InChI=1S/C16H19N3O3/c20-14-7-8-15(21)19(14)11-4-2-1-3-10-18-16(22)13-6-5-9-17-12-13/h5-9,12H,1-4,10-11H2,(H,18,22). The minimum Gasteiger partial charge on any atom is -0.352 e. The molecule has 0 aromatic carbocycles. The molecule has 0 bridgehead atoms. The molecule has 0 spiro atoms. The molecule has 0 fully saturated rings. The van der Waals surface area contributed by atoms with Crippen LogP contribution < -0.4 is 5.32 Å². The third kappa shape index (κ3) is 4.51. The summed E-state index contributed by atoms with van der Waals surface area (Å²) in [5.41, 5.74) is 0.557. The van der Waals surface area contributed by atoms with Gasteiger partial charge in [0.15, 0.2) is 0 Å². The Kier molecular flexibility index (Phi) is 5.82. The van der Waals surface area contributed by atoms with Crippen molar-refractivity contribution in [1.82, 2.24) is 15.2 Å². The van der Waals surface area contributed by atoms with Gasteiger partial charge in [0.2, 0.25) is 0 Å². The van der Waals surface area contributed by atoms with E-state index in [9.17, 15) is 14.4 Å². The molecule has 0 unspecified atom stereocenters. The molecule has 2 heterocycles. The summed E-state index contributed by atoms with van der Waals surface area (Å²) in [4.78, 5) is 39.5. The van der Waals surface area contributed by atoms with E-state index in [4.69, 9.17) is 0 Å². The number of imide groups is 1. The average molecular weight is 301 g/mol. The van der Waals surface area contributed by atoms with Crippen LogP contribution in [-0.2, 0) is 9.59 Å².